The molecule has 1 aromatic carbocycles. The van der Waals surface area contributed by atoms with Crippen LogP contribution in [-0.4, -0.2) is 18.1 Å². The lowest BCUT2D eigenvalue weighted by Gasteiger charge is -2.18. The minimum absolute atomic E-state index is 0.368. The van der Waals surface area contributed by atoms with E-state index < -0.39 is 0 Å². The number of benzene rings is 1. The van der Waals surface area contributed by atoms with Crippen molar-refractivity contribution in [2.75, 3.05) is 12.8 Å². The van der Waals surface area contributed by atoms with Crippen molar-refractivity contribution in [2.24, 2.45) is 0 Å². The first-order valence-corrected chi connectivity index (χ1v) is 6.61. The molecule has 0 saturated heterocycles. The van der Waals surface area contributed by atoms with Crippen LogP contribution in [0.1, 0.15) is 16.7 Å². The highest BCUT2D eigenvalue weighted by Gasteiger charge is 2.11. The van der Waals surface area contributed by atoms with Gasteiger partial charge in [-0.3, -0.25) is 4.98 Å². The van der Waals surface area contributed by atoms with Crippen molar-refractivity contribution in [3.8, 4) is 0 Å². The maximum absolute atomic E-state index is 5.98. The van der Waals surface area contributed by atoms with Crippen molar-refractivity contribution >= 4 is 5.69 Å². The third kappa shape index (κ3) is 3.55. The predicted octanol–water partition coefficient (Wildman–Crippen LogP) is 2.35. The van der Waals surface area contributed by atoms with E-state index in [9.17, 15) is 0 Å². The summed E-state index contributed by atoms with van der Waals surface area (Å²) in [5.41, 5.74) is 10.6. The van der Waals surface area contributed by atoms with Crippen LogP contribution in [-0.2, 0) is 12.8 Å². The van der Waals surface area contributed by atoms with E-state index in [4.69, 9.17) is 5.73 Å². The van der Waals surface area contributed by atoms with E-state index in [1.807, 2.05) is 19.3 Å². The van der Waals surface area contributed by atoms with Gasteiger partial charge in [0.25, 0.3) is 0 Å². The molecule has 1 heterocycles. The molecule has 19 heavy (non-hydrogen) atoms. The Morgan fingerprint density at radius 3 is 2.58 bits per heavy atom. The van der Waals surface area contributed by atoms with Crippen molar-refractivity contribution in [2.45, 2.75) is 25.8 Å². The number of hydrogen-bond acceptors (Lipinski definition) is 3. The number of nitrogens with one attached hydrogen (secondary N) is 1. The second-order valence-corrected chi connectivity index (χ2v) is 4.89. The van der Waals surface area contributed by atoms with Crippen LogP contribution in [0.4, 0.5) is 5.69 Å². The Balaban J connectivity index is 2.09. The number of nitrogens with zero attached hydrogens (tertiary/aromatic N) is 1. The number of pyridine rings is 1. The van der Waals surface area contributed by atoms with Gasteiger partial charge in [0, 0.05) is 24.1 Å². The third-order valence-electron chi connectivity index (χ3n) is 3.54. The smallest absolute Gasteiger partial charge is 0.0378 e. The molecule has 2 aromatic rings. The number of anilines is 1. The van der Waals surface area contributed by atoms with Crippen LogP contribution in [0.15, 0.2) is 42.7 Å². The van der Waals surface area contributed by atoms with Gasteiger partial charge in [-0.1, -0.05) is 24.3 Å². The quantitative estimate of drug-likeness (QED) is 0.862. The maximum Gasteiger partial charge on any atom is 0.0378 e. The van der Waals surface area contributed by atoms with Gasteiger partial charge in [0.2, 0.25) is 0 Å². The molecule has 0 fully saturated rings. The monoisotopic (exact) mass is 255 g/mol. The summed E-state index contributed by atoms with van der Waals surface area (Å²) in [7, 11) is 2.00. The zero-order valence-corrected chi connectivity index (χ0v) is 11.6. The Morgan fingerprint density at radius 2 is 1.89 bits per heavy atom. The molecular weight excluding hydrogens is 234 g/mol. The SMILES string of the molecule is CNC(Cc1ccccc1C)Cc1cnccc1N. The predicted molar refractivity (Wildman–Crippen MR) is 80.1 cm³/mol. The zero-order chi connectivity index (χ0) is 13.7. The summed E-state index contributed by atoms with van der Waals surface area (Å²) < 4.78 is 0. The second kappa shape index (κ2) is 6.34. The zero-order valence-electron chi connectivity index (χ0n) is 11.6. The first-order valence-electron chi connectivity index (χ1n) is 6.61. The molecule has 1 aromatic heterocycles. The number of aryl methyl sites for hydroxylation is 1. The van der Waals surface area contributed by atoms with Gasteiger partial charge < -0.3 is 11.1 Å². The largest absolute Gasteiger partial charge is 0.398 e. The highest BCUT2D eigenvalue weighted by molar-refractivity contribution is 5.44. The molecule has 0 spiro atoms. The fourth-order valence-corrected chi connectivity index (χ4v) is 2.25. The van der Waals surface area contributed by atoms with Crippen LogP contribution in [0, 0.1) is 6.92 Å². The molecular formula is C16H21N3. The molecule has 3 heteroatoms. The summed E-state index contributed by atoms with van der Waals surface area (Å²) in [6.07, 6.45) is 5.48. The average Bonchev–Trinajstić information content (AvgIpc) is 2.42. The van der Waals surface area contributed by atoms with Crippen molar-refractivity contribution in [3.63, 3.8) is 0 Å². The number of likely N-dealkylation sites (N-methyl/N-ethyl adjacent to an activating group) is 1. The lowest BCUT2D eigenvalue weighted by atomic mass is 9.96. The van der Waals surface area contributed by atoms with Crippen LogP contribution >= 0.6 is 0 Å². The van der Waals surface area contributed by atoms with E-state index in [1.165, 1.54) is 11.1 Å². The Hall–Kier alpha value is -1.87. The van der Waals surface area contributed by atoms with Crippen molar-refractivity contribution in [1.29, 1.82) is 0 Å². The fraction of sp³-hybridized carbons (Fsp3) is 0.312. The molecule has 0 radical (unpaired) electrons. The molecule has 0 bridgehead atoms. The standard InChI is InChI=1S/C16H21N3/c1-12-5-3-4-6-13(12)9-15(18-2)10-14-11-19-8-7-16(14)17/h3-8,11,15,18H,9-10H2,1-2H3,(H2,17,19). The van der Waals surface area contributed by atoms with Gasteiger partial charge in [-0.05, 0) is 49.6 Å². The molecule has 0 aliphatic heterocycles. The summed E-state index contributed by atoms with van der Waals surface area (Å²) in [4.78, 5) is 4.15. The van der Waals surface area contributed by atoms with Crippen molar-refractivity contribution < 1.29 is 0 Å². The van der Waals surface area contributed by atoms with Crippen molar-refractivity contribution in [3.05, 3.63) is 59.4 Å². The molecule has 0 aliphatic carbocycles. The van der Waals surface area contributed by atoms with Crippen LogP contribution in [0.3, 0.4) is 0 Å². The van der Waals surface area contributed by atoms with E-state index >= 15 is 0 Å². The molecule has 2 rings (SSSR count). The summed E-state index contributed by atoms with van der Waals surface area (Å²) in [6.45, 7) is 2.15. The summed E-state index contributed by atoms with van der Waals surface area (Å²) in [5, 5.41) is 3.37. The third-order valence-corrected chi connectivity index (χ3v) is 3.54. The molecule has 1 unspecified atom stereocenters. The van der Waals surface area contributed by atoms with Gasteiger partial charge in [-0.2, -0.15) is 0 Å². The molecule has 0 saturated carbocycles. The van der Waals surface area contributed by atoms with Gasteiger partial charge in [0.05, 0.1) is 0 Å². The van der Waals surface area contributed by atoms with E-state index in [2.05, 4.69) is 41.5 Å². The topological polar surface area (TPSA) is 50.9 Å². The van der Waals surface area contributed by atoms with E-state index in [-0.39, 0.29) is 0 Å². The molecule has 0 amide bonds. The van der Waals surface area contributed by atoms with Crippen LogP contribution in [0.2, 0.25) is 0 Å². The first kappa shape index (κ1) is 13.6. The maximum atomic E-state index is 5.98. The highest BCUT2D eigenvalue weighted by atomic mass is 14.9. The first-order chi connectivity index (χ1) is 9.20. The molecule has 3 nitrogen and oxygen atoms in total. The molecule has 0 aliphatic rings. The van der Waals surface area contributed by atoms with E-state index in [1.54, 1.807) is 6.20 Å². The Bertz CT molecular complexity index is 490. The fourth-order valence-electron chi connectivity index (χ4n) is 2.25. The van der Waals surface area contributed by atoms with Gasteiger partial charge in [-0.25, -0.2) is 0 Å². The normalized spacial score (nSPS) is 12.3. The molecule has 1 atom stereocenters. The van der Waals surface area contributed by atoms with E-state index in [0.717, 1.165) is 24.1 Å². The molecule has 3 N–H and O–H groups in total. The van der Waals surface area contributed by atoms with Crippen LogP contribution in [0.5, 0.6) is 0 Å². The summed E-state index contributed by atoms with van der Waals surface area (Å²) >= 11 is 0. The summed E-state index contributed by atoms with van der Waals surface area (Å²) in [5.74, 6) is 0. The Morgan fingerprint density at radius 1 is 1.16 bits per heavy atom. The number of nitrogens with two attached hydrogens (primary N) is 1. The Kier molecular flexibility index (Phi) is 4.53. The molecule has 100 valence electrons. The lowest BCUT2D eigenvalue weighted by Crippen LogP contribution is -2.30. The number of nitrogen functional groups attached to an aromatic ring is 1. The minimum atomic E-state index is 0.368. The second-order valence-electron chi connectivity index (χ2n) is 4.89. The Labute approximate surface area is 114 Å². The number of aromatic nitrogens is 1. The summed E-state index contributed by atoms with van der Waals surface area (Å²) in [6, 6.07) is 10.7. The lowest BCUT2D eigenvalue weighted by molar-refractivity contribution is 0.555. The van der Waals surface area contributed by atoms with Crippen LogP contribution in [0.25, 0.3) is 0 Å². The minimum Gasteiger partial charge on any atom is -0.398 e. The average molecular weight is 255 g/mol. The van der Waals surface area contributed by atoms with E-state index in [0.29, 0.717) is 6.04 Å². The van der Waals surface area contributed by atoms with Gasteiger partial charge in [0.15, 0.2) is 0 Å². The van der Waals surface area contributed by atoms with Gasteiger partial charge in [0.1, 0.15) is 0 Å². The number of rotatable bonds is 5. The van der Waals surface area contributed by atoms with Crippen LogP contribution < -0.4 is 11.1 Å². The number of hydrogen-bond donors (Lipinski definition) is 2. The van der Waals surface area contributed by atoms with Gasteiger partial charge >= 0.3 is 0 Å². The van der Waals surface area contributed by atoms with Gasteiger partial charge in [-0.15, -0.1) is 0 Å². The van der Waals surface area contributed by atoms with Crippen molar-refractivity contribution in [1.82, 2.24) is 10.3 Å². The highest BCUT2D eigenvalue weighted by Crippen LogP contribution is 2.15.